The summed E-state index contributed by atoms with van der Waals surface area (Å²) in [5.74, 6) is 0. The first-order valence-electron chi connectivity index (χ1n) is 5.85. The van der Waals surface area contributed by atoms with Crippen LogP contribution in [0.15, 0.2) is 24.3 Å². The zero-order chi connectivity index (χ0) is 11.6. The van der Waals surface area contributed by atoms with E-state index >= 15 is 0 Å². The molecule has 0 spiro atoms. The second kappa shape index (κ2) is 4.44. The quantitative estimate of drug-likeness (QED) is 0.800. The van der Waals surface area contributed by atoms with Crippen LogP contribution in [-0.2, 0) is 6.42 Å². The molecule has 0 radical (unpaired) electrons. The standard InChI is InChI=1S/C13H20N2O/c1-13(14,10-16)7-9-15-8-6-11-4-2-3-5-12(11)15/h2-5,16H,6-10,14H2,1H3. The molecule has 0 aliphatic carbocycles. The summed E-state index contributed by atoms with van der Waals surface area (Å²) in [6, 6.07) is 8.51. The van der Waals surface area contributed by atoms with E-state index in [0.717, 1.165) is 25.9 Å². The maximum atomic E-state index is 9.12. The molecule has 3 nitrogen and oxygen atoms in total. The van der Waals surface area contributed by atoms with Crippen LogP contribution in [0.4, 0.5) is 5.69 Å². The van der Waals surface area contributed by atoms with Gasteiger partial charge in [-0.2, -0.15) is 0 Å². The molecule has 1 aliphatic rings. The van der Waals surface area contributed by atoms with E-state index in [2.05, 4.69) is 29.2 Å². The van der Waals surface area contributed by atoms with Gasteiger partial charge in [-0.25, -0.2) is 0 Å². The SMILES string of the molecule is CC(N)(CO)CCN1CCc2ccccc21. The number of nitrogens with two attached hydrogens (primary N) is 1. The summed E-state index contributed by atoms with van der Waals surface area (Å²) < 4.78 is 0. The Kier molecular flexibility index (Phi) is 3.17. The van der Waals surface area contributed by atoms with Crippen molar-refractivity contribution in [3.63, 3.8) is 0 Å². The fourth-order valence-corrected chi connectivity index (χ4v) is 2.11. The minimum Gasteiger partial charge on any atom is -0.394 e. The van der Waals surface area contributed by atoms with Gasteiger partial charge < -0.3 is 15.7 Å². The van der Waals surface area contributed by atoms with Gasteiger partial charge in [0.15, 0.2) is 0 Å². The van der Waals surface area contributed by atoms with Crippen molar-refractivity contribution in [3.8, 4) is 0 Å². The number of para-hydroxylation sites is 1. The van der Waals surface area contributed by atoms with Crippen LogP contribution in [0.25, 0.3) is 0 Å². The molecule has 1 heterocycles. The first-order chi connectivity index (χ1) is 7.62. The maximum absolute atomic E-state index is 9.12. The van der Waals surface area contributed by atoms with E-state index in [1.54, 1.807) is 0 Å². The molecule has 1 aromatic carbocycles. The summed E-state index contributed by atoms with van der Waals surface area (Å²) in [6.07, 6.45) is 1.94. The van der Waals surface area contributed by atoms with Crippen LogP contribution in [0.1, 0.15) is 18.9 Å². The van der Waals surface area contributed by atoms with E-state index in [1.165, 1.54) is 11.3 Å². The Bertz CT molecular complexity index is 363. The number of nitrogens with zero attached hydrogens (tertiary/aromatic N) is 1. The van der Waals surface area contributed by atoms with Gasteiger partial charge >= 0.3 is 0 Å². The van der Waals surface area contributed by atoms with Gasteiger partial charge in [-0.1, -0.05) is 18.2 Å². The van der Waals surface area contributed by atoms with Crippen molar-refractivity contribution >= 4 is 5.69 Å². The minimum atomic E-state index is -0.461. The number of fused-ring (bicyclic) bond motifs is 1. The molecule has 0 saturated heterocycles. The van der Waals surface area contributed by atoms with Crippen LogP contribution in [0, 0.1) is 0 Å². The molecule has 0 aromatic heterocycles. The Balaban J connectivity index is 1.99. The van der Waals surface area contributed by atoms with Gasteiger partial charge in [-0.05, 0) is 31.4 Å². The second-order valence-electron chi connectivity index (χ2n) is 4.93. The molecule has 2 rings (SSSR count). The van der Waals surface area contributed by atoms with Crippen molar-refractivity contribution in [2.75, 3.05) is 24.6 Å². The van der Waals surface area contributed by atoms with E-state index < -0.39 is 5.54 Å². The summed E-state index contributed by atoms with van der Waals surface area (Å²) in [5, 5.41) is 9.12. The van der Waals surface area contributed by atoms with Crippen molar-refractivity contribution in [1.82, 2.24) is 0 Å². The molecule has 1 unspecified atom stereocenters. The van der Waals surface area contributed by atoms with E-state index in [4.69, 9.17) is 10.8 Å². The van der Waals surface area contributed by atoms with Crippen molar-refractivity contribution in [1.29, 1.82) is 0 Å². The first-order valence-corrected chi connectivity index (χ1v) is 5.85. The molecule has 3 N–H and O–H groups in total. The Hall–Kier alpha value is -1.06. The van der Waals surface area contributed by atoms with Crippen LogP contribution in [0.2, 0.25) is 0 Å². The Morgan fingerprint density at radius 1 is 1.44 bits per heavy atom. The van der Waals surface area contributed by atoms with Gasteiger partial charge in [0.2, 0.25) is 0 Å². The molecular weight excluding hydrogens is 200 g/mol. The van der Waals surface area contributed by atoms with Gasteiger partial charge in [0.25, 0.3) is 0 Å². The number of rotatable bonds is 4. The van der Waals surface area contributed by atoms with Gasteiger partial charge in [-0.15, -0.1) is 0 Å². The zero-order valence-corrected chi connectivity index (χ0v) is 9.82. The highest BCUT2D eigenvalue weighted by Crippen LogP contribution is 2.27. The highest BCUT2D eigenvalue weighted by Gasteiger charge is 2.22. The normalized spacial score (nSPS) is 18.3. The van der Waals surface area contributed by atoms with Crippen molar-refractivity contribution in [2.45, 2.75) is 25.3 Å². The van der Waals surface area contributed by atoms with Gasteiger partial charge in [0.05, 0.1) is 6.61 Å². The molecule has 0 fully saturated rings. The van der Waals surface area contributed by atoms with Gasteiger partial charge in [0, 0.05) is 24.3 Å². The summed E-state index contributed by atoms with van der Waals surface area (Å²) in [5.41, 5.74) is 8.23. The van der Waals surface area contributed by atoms with Crippen LogP contribution >= 0.6 is 0 Å². The molecule has 0 saturated carbocycles. The fraction of sp³-hybridized carbons (Fsp3) is 0.538. The molecule has 3 heteroatoms. The minimum absolute atomic E-state index is 0.0441. The average molecular weight is 220 g/mol. The monoisotopic (exact) mass is 220 g/mol. The Morgan fingerprint density at radius 2 is 2.19 bits per heavy atom. The van der Waals surface area contributed by atoms with Crippen molar-refractivity contribution < 1.29 is 5.11 Å². The highest BCUT2D eigenvalue weighted by molar-refractivity contribution is 5.57. The lowest BCUT2D eigenvalue weighted by Gasteiger charge is -2.26. The predicted octanol–water partition coefficient (Wildman–Crippen LogP) is 1.15. The van der Waals surface area contributed by atoms with Crippen LogP contribution in [0.5, 0.6) is 0 Å². The molecule has 1 atom stereocenters. The molecular formula is C13H20N2O. The molecule has 1 aliphatic heterocycles. The summed E-state index contributed by atoms with van der Waals surface area (Å²) in [7, 11) is 0. The van der Waals surface area contributed by atoms with E-state index in [-0.39, 0.29) is 6.61 Å². The molecule has 88 valence electrons. The molecule has 0 bridgehead atoms. The van der Waals surface area contributed by atoms with Crippen LogP contribution in [0.3, 0.4) is 0 Å². The predicted molar refractivity (Wildman–Crippen MR) is 66.7 cm³/mol. The van der Waals surface area contributed by atoms with Crippen LogP contribution in [-0.4, -0.2) is 30.3 Å². The van der Waals surface area contributed by atoms with Crippen molar-refractivity contribution in [3.05, 3.63) is 29.8 Å². The second-order valence-corrected chi connectivity index (χ2v) is 4.93. The number of aliphatic hydroxyl groups is 1. The largest absolute Gasteiger partial charge is 0.394 e. The fourth-order valence-electron chi connectivity index (χ4n) is 2.11. The third-order valence-corrected chi connectivity index (χ3v) is 3.30. The van der Waals surface area contributed by atoms with Crippen molar-refractivity contribution in [2.24, 2.45) is 5.73 Å². The number of benzene rings is 1. The van der Waals surface area contributed by atoms with E-state index in [1.807, 2.05) is 6.92 Å². The lowest BCUT2D eigenvalue weighted by atomic mass is 10.0. The smallest absolute Gasteiger partial charge is 0.0609 e. The topological polar surface area (TPSA) is 49.5 Å². The summed E-state index contributed by atoms with van der Waals surface area (Å²) in [4.78, 5) is 2.36. The Labute approximate surface area is 96.9 Å². The van der Waals surface area contributed by atoms with E-state index in [0.29, 0.717) is 0 Å². The number of hydrogen-bond donors (Lipinski definition) is 2. The number of anilines is 1. The Morgan fingerprint density at radius 3 is 2.94 bits per heavy atom. The number of hydrogen-bond acceptors (Lipinski definition) is 3. The zero-order valence-electron chi connectivity index (χ0n) is 9.82. The first kappa shape index (κ1) is 11.4. The van der Waals surface area contributed by atoms with Crippen LogP contribution < -0.4 is 10.6 Å². The average Bonchev–Trinajstić information content (AvgIpc) is 2.70. The lowest BCUT2D eigenvalue weighted by Crippen LogP contribution is -2.43. The molecule has 0 amide bonds. The maximum Gasteiger partial charge on any atom is 0.0609 e. The molecule has 1 aromatic rings. The lowest BCUT2D eigenvalue weighted by molar-refractivity contribution is 0.202. The number of aliphatic hydroxyl groups excluding tert-OH is 1. The molecule has 16 heavy (non-hydrogen) atoms. The van der Waals surface area contributed by atoms with Gasteiger partial charge in [0.1, 0.15) is 0 Å². The third kappa shape index (κ3) is 2.36. The third-order valence-electron chi connectivity index (χ3n) is 3.30. The highest BCUT2D eigenvalue weighted by atomic mass is 16.3. The summed E-state index contributed by atoms with van der Waals surface area (Å²) in [6.45, 7) is 3.93. The van der Waals surface area contributed by atoms with Gasteiger partial charge in [-0.3, -0.25) is 0 Å². The summed E-state index contributed by atoms with van der Waals surface area (Å²) >= 11 is 0. The van der Waals surface area contributed by atoms with E-state index in [9.17, 15) is 0 Å².